The van der Waals surface area contributed by atoms with Gasteiger partial charge >= 0.3 is 0 Å². The molecule has 1 atom stereocenters. The molecule has 2 aliphatic carbocycles. The average Bonchev–Trinajstić information content (AvgIpc) is 4.04. The molecule has 11 aromatic carbocycles. The van der Waals surface area contributed by atoms with E-state index in [0.717, 1.165) is 59.9 Å². The van der Waals surface area contributed by atoms with Crippen molar-refractivity contribution in [1.82, 2.24) is 0 Å². The summed E-state index contributed by atoms with van der Waals surface area (Å²) in [6.07, 6.45) is 0. The van der Waals surface area contributed by atoms with Crippen molar-refractivity contribution in [1.29, 1.82) is 0 Å². The van der Waals surface area contributed by atoms with Gasteiger partial charge in [0.05, 0.1) is 10.8 Å². The molecule has 0 N–H and O–H groups in total. The van der Waals surface area contributed by atoms with Gasteiger partial charge in [-0.3, -0.25) is 0 Å². The van der Waals surface area contributed by atoms with E-state index in [9.17, 15) is 4.39 Å². The smallest absolute Gasteiger partial charge is 0.132 e. The van der Waals surface area contributed by atoms with Gasteiger partial charge in [0.25, 0.3) is 0 Å². The third kappa shape index (κ3) is 5.26. The molecule has 4 heteroatoms. The molecule has 3 aliphatic rings. The van der Waals surface area contributed by atoms with Gasteiger partial charge in [0.15, 0.2) is 0 Å². The maximum atomic E-state index is 14.7. The van der Waals surface area contributed by atoms with Gasteiger partial charge in [0.2, 0.25) is 0 Å². The summed E-state index contributed by atoms with van der Waals surface area (Å²) >= 11 is 1.63. The summed E-state index contributed by atoms with van der Waals surface area (Å²) in [5.74, 6) is 1.51. The van der Waals surface area contributed by atoms with Crippen LogP contribution in [0.5, 0.6) is 11.5 Å². The lowest BCUT2D eigenvalue weighted by Crippen LogP contribution is -2.32. The van der Waals surface area contributed by atoms with Gasteiger partial charge in [-0.25, -0.2) is 4.39 Å². The van der Waals surface area contributed by atoms with E-state index in [2.05, 4.69) is 229 Å². The Morgan fingerprint density at radius 2 is 0.957 bits per heavy atom. The minimum absolute atomic E-state index is 0.223. The predicted molar refractivity (Wildman–Crippen MR) is 286 cm³/mol. The molecule has 1 unspecified atom stereocenters. The van der Waals surface area contributed by atoms with Gasteiger partial charge in [0, 0.05) is 48.4 Å². The van der Waals surface area contributed by atoms with Crippen LogP contribution in [0.3, 0.4) is 0 Å². The molecular weight excluding hydrogens is 874 g/mol. The summed E-state index contributed by atoms with van der Waals surface area (Å²) in [4.78, 5) is 2.41. The second-order valence-electron chi connectivity index (χ2n) is 18.8. The molecule has 15 rings (SSSR count). The van der Waals surface area contributed by atoms with Crippen molar-refractivity contribution in [3.05, 3.63) is 293 Å². The van der Waals surface area contributed by atoms with Crippen LogP contribution < -0.4 is 9.64 Å². The van der Waals surface area contributed by atoms with Crippen molar-refractivity contribution in [3.63, 3.8) is 0 Å². The Bertz CT molecular complexity index is 4090. The number of fused-ring (bicyclic) bond motifs is 17. The first-order chi connectivity index (χ1) is 34.6. The molecule has 328 valence electrons. The fourth-order valence-electron chi connectivity index (χ4n) is 12.7. The van der Waals surface area contributed by atoms with Gasteiger partial charge < -0.3 is 9.64 Å². The normalized spacial score (nSPS) is 15.5. The van der Waals surface area contributed by atoms with Crippen LogP contribution in [0.2, 0.25) is 0 Å². The van der Waals surface area contributed by atoms with Crippen molar-refractivity contribution in [2.75, 3.05) is 4.90 Å². The first-order valence-electron chi connectivity index (χ1n) is 23.9. The zero-order valence-electron chi connectivity index (χ0n) is 37.7. The maximum absolute atomic E-state index is 14.7. The second-order valence-corrected chi connectivity index (χ2v) is 19.9. The molecule has 1 spiro atoms. The Morgan fingerprint density at radius 3 is 1.74 bits per heavy atom. The van der Waals surface area contributed by atoms with Crippen LogP contribution in [0.1, 0.15) is 44.5 Å². The van der Waals surface area contributed by atoms with E-state index in [-0.39, 0.29) is 5.82 Å². The number of halogens is 1. The Labute approximate surface area is 408 Å². The number of benzene rings is 11. The predicted octanol–water partition coefficient (Wildman–Crippen LogP) is 17.6. The van der Waals surface area contributed by atoms with Crippen molar-refractivity contribution in [2.24, 2.45) is 0 Å². The first-order valence-corrected chi connectivity index (χ1v) is 24.7. The molecule has 2 heterocycles. The number of rotatable bonds is 5. The minimum atomic E-state index is -0.629. The zero-order chi connectivity index (χ0) is 46.1. The van der Waals surface area contributed by atoms with Crippen molar-refractivity contribution in [2.45, 2.75) is 10.8 Å². The summed E-state index contributed by atoms with van der Waals surface area (Å²) < 4.78 is 23.4. The van der Waals surface area contributed by atoms with Crippen molar-refractivity contribution < 1.29 is 9.13 Å². The maximum Gasteiger partial charge on any atom is 0.132 e. The number of hydrogen-bond donors (Lipinski definition) is 0. The minimum Gasteiger partial charge on any atom is -0.457 e. The Morgan fingerprint density at radius 1 is 0.357 bits per heavy atom. The summed E-state index contributed by atoms with van der Waals surface area (Å²) in [5.41, 5.74) is 16.6. The Hall–Kier alpha value is -8.57. The van der Waals surface area contributed by atoms with Crippen molar-refractivity contribution in [3.8, 4) is 33.8 Å². The quantitative estimate of drug-likeness (QED) is 0.171. The molecule has 1 aromatic heterocycles. The topological polar surface area (TPSA) is 12.5 Å². The molecule has 70 heavy (non-hydrogen) atoms. The molecule has 0 radical (unpaired) electrons. The molecular formula is C66H40FNOS. The van der Waals surface area contributed by atoms with Crippen LogP contribution in [0, 0.1) is 5.82 Å². The fourth-order valence-corrected chi connectivity index (χ4v) is 13.8. The van der Waals surface area contributed by atoms with E-state index in [1.807, 2.05) is 6.07 Å². The van der Waals surface area contributed by atoms with Crippen LogP contribution in [0.15, 0.2) is 243 Å². The summed E-state index contributed by atoms with van der Waals surface area (Å²) in [6, 6.07) is 87.6. The second kappa shape index (κ2) is 14.7. The molecule has 2 nitrogen and oxygen atoms in total. The summed E-state index contributed by atoms with van der Waals surface area (Å²) in [5, 5.41) is 4.65. The SMILES string of the molecule is Fc1ccc2c(c1)sc1ccc(N(c3ccc(C4(c5ccccc5)c5ccccc5-c5c4ccc4ccccc54)cc3)c3ccc4c(c3)C3(c5ccccc5Oc5ccccc53)c3ccccc3-4)cc12. The highest BCUT2D eigenvalue weighted by Gasteiger charge is 2.51. The van der Waals surface area contributed by atoms with Crippen LogP contribution in [0.25, 0.3) is 53.2 Å². The third-order valence-corrected chi connectivity index (χ3v) is 16.6. The lowest BCUT2D eigenvalue weighted by Gasteiger charge is -2.39. The highest BCUT2D eigenvalue weighted by atomic mass is 32.1. The molecule has 0 amide bonds. The number of para-hydroxylation sites is 2. The van der Waals surface area contributed by atoms with E-state index in [1.165, 1.54) is 66.4 Å². The lowest BCUT2D eigenvalue weighted by atomic mass is 9.66. The van der Waals surface area contributed by atoms with Crippen LogP contribution >= 0.6 is 11.3 Å². The molecule has 0 fully saturated rings. The molecule has 0 saturated carbocycles. The Balaban J connectivity index is 0.978. The van der Waals surface area contributed by atoms with E-state index < -0.39 is 10.8 Å². The molecule has 12 aromatic rings. The standard InChI is InChI=1S/C66H40FNOS/c67-44-29-34-51-53-39-46(33-37-62(53)70-63(51)38-44)68(47-32-35-50-49-18-6-8-20-54(49)66(59(50)40-47)56-22-10-12-24-60(56)69-61-25-13-11-23-57(61)66)45-30-27-43(28-31-45)65(42-15-2-1-3-16-42)55-21-9-7-19-52(55)64-48-17-5-4-14-41(48)26-36-58(64)65/h1-40H. The van der Waals surface area contributed by atoms with E-state index in [1.54, 1.807) is 23.5 Å². The van der Waals surface area contributed by atoms with Gasteiger partial charge in [-0.15, -0.1) is 11.3 Å². The van der Waals surface area contributed by atoms with Gasteiger partial charge in [-0.1, -0.05) is 170 Å². The number of hydrogen-bond acceptors (Lipinski definition) is 3. The number of ether oxygens (including phenoxy) is 1. The van der Waals surface area contributed by atoms with Crippen LogP contribution in [0.4, 0.5) is 21.5 Å². The monoisotopic (exact) mass is 913 g/mol. The molecule has 0 saturated heterocycles. The van der Waals surface area contributed by atoms with Crippen LogP contribution in [-0.2, 0) is 10.8 Å². The lowest BCUT2D eigenvalue weighted by molar-refractivity contribution is 0.436. The fraction of sp³-hybridized carbons (Fsp3) is 0.0303. The highest BCUT2D eigenvalue weighted by molar-refractivity contribution is 7.25. The van der Waals surface area contributed by atoms with Gasteiger partial charge in [-0.2, -0.15) is 0 Å². The summed E-state index contributed by atoms with van der Waals surface area (Å²) in [6.45, 7) is 0. The van der Waals surface area contributed by atoms with E-state index >= 15 is 0 Å². The Kier molecular flexibility index (Phi) is 8.29. The average molecular weight is 914 g/mol. The van der Waals surface area contributed by atoms with E-state index in [0.29, 0.717) is 0 Å². The number of nitrogens with zero attached hydrogens (tertiary/aromatic N) is 1. The van der Waals surface area contributed by atoms with Gasteiger partial charge in [0.1, 0.15) is 17.3 Å². The van der Waals surface area contributed by atoms with Crippen LogP contribution in [-0.4, -0.2) is 0 Å². The molecule has 0 bridgehead atoms. The molecule has 1 aliphatic heterocycles. The largest absolute Gasteiger partial charge is 0.457 e. The zero-order valence-corrected chi connectivity index (χ0v) is 38.6. The number of anilines is 3. The van der Waals surface area contributed by atoms with Crippen molar-refractivity contribution >= 4 is 59.3 Å². The first kappa shape index (κ1) is 39.4. The number of thiophene rings is 1. The summed E-state index contributed by atoms with van der Waals surface area (Å²) in [7, 11) is 0. The van der Waals surface area contributed by atoms with Gasteiger partial charge in [-0.05, 0) is 139 Å². The third-order valence-electron chi connectivity index (χ3n) is 15.5. The van der Waals surface area contributed by atoms with E-state index in [4.69, 9.17) is 4.74 Å². The highest BCUT2D eigenvalue weighted by Crippen LogP contribution is 2.63.